The summed E-state index contributed by atoms with van der Waals surface area (Å²) >= 11 is 0. The van der Waals surface area contributed by atoms with E-state index in [4.69, 9.17) is 0 Å². The van der Waals surface area contributed by atoms with Crippen molar-refractivity contribution >= 4 is 10.1 Å². The number of hydrogen-bond donors (Lipinski definition) is 0. The molecule has 11 heavy (non-hydrogen) atoms. The first-order valence-electron chi connectivity index (χ1n) is 3.45. The zero-order valence-electron chi connectivity index (χ0n) is 6.91. The van der Waals surface area contributed by atoms with Crippen LogP contribution in [0.3, 0.4) is 0 Å². The normalized spacial score (nSPS) is 14.4. The van der Waals surface area contributed by atoms with Gasteiger partial charge in [0.05, 0.1) is 12.4 Å². The van der Waals surface area contributed by atoms with Gasteiger partial charge in [-0.15, -0.1) is 6.58 Å². The summed E-state index contributed by atoms with van der Waals surface area (Å²) in [6.07, 6.45) is 4.01. The molecule has 0 aromatic rings. The van der Waals surface area contributed by atoms with Crippen LogP contribution in [0.5, 0.6) is 0 Å². The molecule has 66 valence electrons. The minimum atomic E-state index is -3.29. The third-order valence-electron chi connectivity index (χ3n) is 1.12. The molecule has 0 N–H and O–H groups in total. The van der Waals surface area contributed by atoms with Gasteiger partial charge in [0.1, 0.15) is 0 Å². The highest BCUT2D eigenvalue weighted by Crippen LogP contribution is 2.04. The molecule has 0 saturated carbocycles. The van der Waals surface area contributed by atoms with Crippen LogP contribution in [0.2, 0.25) is 0 Å². The van der Waals surface area contributed by atoms with E-state index >= 15 is 0 Å². The SMILES string of the molecule is C=CCC[C@@H](C)OS(C)(=O)=O. The maximum Gasteiger partial charge on any atom is 0.264 e. The van der Waals surface area contributed by atoms with E-state index < -0.39 is 10.1 Å². The Hall–Kier alpha value is -0.350. The Balaban J connectivity index is 3.69. The van der Waals surface area contributed by atoms with Gasteiger partial charge in [-0.1, -0.05) is 6.08 Å². The maximum absolute atomic E-state index is 10.6. The molecule has 0 aliphatic heterocycles. The molecule has 0 unspecified atom stereocenters. The van der Waals surface area contributed by atoms with Gasteiger partial charge in [0.25, 0.3) is 10.1 Å². The van der Waals surface area contributed by atoms with E-state index in [-0.39, 0.29) is 6.10 Å². The van der Waals surface area contributed by atoms with Crippen LogP contribution in [0, 0.1) is 0 Å². The molecule has 0 saturated heterocycles. The predicted molar refractivity (Wildman–Crippen MR) is 44.8 cm³/mol. The Labute approximate surface area is 68.2 Å². The Kier molecular flexibility index (Phi) is 4.37. The molecule has 0 spiro atoms. The number of hydrogen-bond acceptors (Lipinski definition) is 3. The summed E-state index contributed by atoms with van der Waals surface area (Å²) in [6, 6.07) is 0. The lowest BCUT2D eigenvalue weighted by Crippen LogP contribution is -2.13. The molecule has 1 atom stereocenters. The monoisotopic (exact) mass is 178 g/mol. The minimum Gasteiger partial charge on any atom is -0.267 e. The van der Waals surface area contributed by atoms with Crippen LogP contribution < -0.4 is 0 Å². The van der Waals surface area contributed by atoms with Crippen LogP contribution in [-0.4, -0.2) is 20.8 Å². The van der Waals surface area contributed by atoms with E-state index in [1.807, 2.05) is 0 Å². The summed E-state index contributed by atoms with van der Waals surface area (Å²) < 4.78 is 25.8. The zero-order valence-corrected chi connectivity index (χ0v) is 7.73. The Morgan fingerprint density at radius 2 is 2.18 bits per heavy atom. The summed E-state index contributed by atoms with van der Waals surface area (Å²) in [5.74, 6) is 0. The smallest absolute Gasteiger partial charge is 0.264 e. The molecule has 3 nitrogen and oxygen atoms in total. The molecule has 0 fully saturated rings. The second-order valence-corrected chi connectivity index (χ2v) is 4.08. The second-order valence-electron chi connectivity index (χ2n) is 2.48. The Morgan fingerprint density at radius 3 is 2.55 bits per heavy atom. The van der Waals surface area contributed by atoms with Gasteiger partial charge in [-0.3, -0.25) is 4.18 Å². The Morgan fingerprint density at radius 1 is 1.64 bits per heavy atom. The van der Waals surface area contributed by atoms with Crippen molar-refractivity contribution in [2.24, 2.45) is 0 Å². The molecular formula is C7H14O3S. The molecule has 0 rings (SSSR count). The molecule has 0 aliphatic rings. The first-order chi connectivity index (χ1) is 4.95. The zero-order chi connectivity index (χ0) is 8.91. The summed E-state index contributed by atoms with van der Waals surface area (Å²) in [5, 5.41) is 0. The predicted octanol–water partition coefficient (Wildman–Crippen LogP) is 1.32. The van der Waals surface area contributed by atoms with Crippen molar-refractivity contribution in [3.63, 3.8) is 0 Å². The molecule has 4 heteroatoms. The van der Waals surface area contributed by atoms with Crippen molar-refractivity contribution in [2.45, 2.75) is 25.9 Å². The van der Waals surface area contributed by atoms with Crippen molar-refractivity contribution in [3.8, 4) is 0 Å². The van der Waals surface area contributed by atoms with Crippen molar-refractivity contribution < 1.29 is 12.6 Å². The van der Waals surface area contributed by atoms with Gasteiger partial charge in [-0.05, 0) is 19.8 Å². The fraction of sp³-hybridized carbons (Fsp3) is 0.714. The van der Waals surface area contributed by atoms with E-state index in [1.165, 1.54) is 0 Å². The highest BCUT2D eigenvalue weighted by molar-refractivity contribution is 7.86. The molecule has 0 aliphatic carbocycles. The van der Waals surface area contributed by atoms with Crippen LogP contribution in [0.1, 0.15) is 19.8 Å². The summed E-state index contributed by atoms with van der Waals surface area (Å²) in [7, 11) is -3.29. The van der Waals surface area contributed by atoms with Crippen LogP contribution in [0.25, 0.3) is 0 Å². The van der Waals surface area contributed by atoms with E-state index in [2.05, 4.69) is 10.8 Å². The van der Waals surface area contributed by atoms with Gasteiger partial charge in [0, 0.05) is 0 Å². The van der Waals surface area contributed by atoms with Crippen LogP contribution in [-0.2, 0) is 14.3 Å². The summed E-state index contributed by atoms with van der Waals surface area (Å²) in [4.78, 5) is 0. The molecule has 0 heterocycles. The van der Waals surface area contributed by atoms with Crippen molar-refractivity contribution in [2.75, 3.05) is 6.26 Å². The van der Waals surface area contributed by atoms with Gasteiger partial charge >= 0.3 is 0 Å². The van der Waals surface area contributed by atoms with Gasteiger partial charge in [0.2, 0.25) is 0 Å². The number of allylic oxidation sites excluding steroid dienone is 1. The highest BCUT2D eigenvalue weighted by Gasteiger charge is 2.08. The van der Waals surface area contributed by atoms with Crippen molar-refractivity contribution in [1.82, 2.24) is 0 Å². The average molecular weight is 178 g/mol. The standard InChI is InChI=1S/C7H14O3S/c1-4-5-6-7(2)10-11(3,8)9/h4,7H,1,5-6H2,2-3H3/t7-/m1/s1. The average Bonchev–Trinajstić information content (AvgIpc) is 1.79. The molecule has 0 aromatic carbocycles. The third kappa shape index (κ3) is 7.55. The lowest BCUT2D eigenvalue weighted by molar-refractivity contribution is 0.222. The number of rotatable bonds is 5. The molecule has 0 amide bonds. The molecular weight excluding hydrogens is 164 g/mol. The largest absolute Gasteiger partial charge is 0.267 e. The van der Waals surface area contributed by atoms with Crippen molar-refractivity contribution in [1.29, 1.82) is 0 Å². The van der Waals surface area contributed by atoms with E-state index in [0.29, 0.717) is 6.42 Å². The van der Waals surface area contributed by atoms with E-state index in [1.54, 1.807) is 13.0 Å². The summed E-state index contributed by atoms with van der Waals surface area (Å²) in [5.41, 5.74) is 0. The second kappa shape index (κ2) is 4.51. The van der Waals surface area contributed by atoms with Gasteiger partial charge in [0.15, 0.2) is 0 Å². The molecule has 0 radical (unpaired) electrons. The molecule has 0 bridgehead atoms. The minimum absolute atomic E-state index is 0.247. The summed E-state index contributed by atoms with van der Waals surface area (Å²) in [6.45, 7) is 5.25. The van der Waals surface area contributed by atoms with E-state index in [9.17, 15) is 8.42 Å². The van der Waals surface area contributed by atoms with Crippen LogP contribution in [0.15, 0.2) is 12.7 Å². The molecule has 0 aromatic heterocycles. The Bertz CT molecular complexity index is 206. The van der Waals surface area contributed by atoms with Gasteiger partial charge < -0.3 is 0 Å². The van der Waals surface area contributed by atoms with Crippen molar-refractivity contribution in [3.05, 3.63) is 12.7 Å². The van der Waals surface area contributed by atoms with E-state index in [0.717, 1.165) is 12.7 Å². The maximum atomic E-state index is 10.6. The van der Waals surface area contributed by atoms with Crippen LogP contribution in [0.4, 0.5) is 0 Å². The van der Waals surface area contributed by atoms with Gasteiger partial charge in [-0.2, -0.15) is 8.42 Å². The topological polar surface area (TPSA) is 43.4 Å². The fourth-order valence-electron chi connectivity index (χ4n) is 0.699. The highest BCUT2D eigenvalue weighted by atomic mass is 32.2. The van der Waals surface area contributed by atoms with Crippen LogP contribution >= 0.6 is 0 Å². The third-order valence-corrected chi connectivity index (χ3v) is 1.79. The quantitative estimate of drug-likeness (QED) is 0.471. The first kappa shape index (κ1) is 10.7. The van der Waals surface area contributed by atoms with Gasteiger partial charge in [-0.25, -0.2) is 0 Å². The fourth-order valence-corrected chi connectivity index (χ4v) is 1.39. The lowest BCUT2D eigenvalue weighted by Gasteiger charge is -2.08. The lowest BCUT2D eigenvalue weighted by atomic mass is 10.2. The first-order valence-corrected chi connectivity index (χ1v) is 5.26.